The summed E-state index contributed by atoms with van der Waals surface area (Å²) in [6.07, 6.45) is 0. The average molecular weight is 376 g/mol. The van der Waals surface area contributed by atoms with Crippen LogP contribution < -0.4 is 4.72 Å². The summed E-state index contributed by atoms with van der Waals surface area (Å²) in [5.74, 6) is -1.14. The number of nitrogens with zero attached hydrogens (tertiary/aromatic N) is 2. The highest BCUT2D eigenvalue weighted by Crippen LogP contribution is 2.23. The predicted octanol–water partition coefficient (Wildman–Crippen LogP) is 2.69. The molecule has 0 spiro atoms. The Morgan fingerprint density at radius 3 is 2.62 bits per heavy atom. The molecule has 0 unspecified atom stereocenters. The minimum Gasteiger partial charge on any atom is -0.263 e. The molecule has 0 amide bonds. The van der Waals surface area contributed by atoms with Crippen molar-refractivity contribution in [1.29, 1.82) is 0 Å². The molecule has 0 saturated heterocycles. The maximum Gasteiger partial charge on any atom is 0.271 e. The Labute approximate surface area is 127 Å². The molecule has 0 aliphatic rings. The molecule has 0 aliphatic heterocycles. The Morgan fingerprint density at radius 1 is 1.29 bits per heavy atom. The number of nitro groups is 1. The number of pyridine rings is 1. The quantitative estimate of drug-likeness (QED) is 0.502. The minimum atomic E-state index is -4.33. The van der Waals surface area contributed by atoms with Crippen molar-refractivity contribution in [2.24, 2.45) is 0 Å². The number of anilines is 1. The van der Waals surface area contributed by atoms with Crippen molar-refractivity contribution < 1.29 is 17.7 Å². The van der Waals surface area contributed by atoms with E-state index in [2.05, 4.69) is 25.6 Å². The standard InChI is InChI=1S/C11H7BrFN3O4S/c12-10-2-1-3-11(14-10)15-21(19,20)9-6-7(16(17)18)4-5-8(9)13/h1-6H,(H,14,15). The van der Waals surface area contributed by atoms with Gasteiger partial charge in [0.1, 0.15) is 21.1 Å². The van der Waals surface area contributed by atoms with Gasteiger partial charge in [0.05, 0.1) is 4.92 Å². The second kappa shape index (κ2) is 5.74. The van der Waals surface area contributed by atoms with Crippen LogP contribution in [0.5, 0.6) is 0 Å². The van der Waals surface area contributed by atoms with Gasteiger partial charge in [0.25, 0.3) is 15.7 Å². The topological polar surface area (TPSA) is 102 Å². The first-order valence-electron chi connectivity index (χ1n) is 5.39. The zero-order valence-electron chi connectivity index (χ0n) is 10.2. The molecule has 0 fully saturated rings. The number of nitro benzene ring substituents is 1. The molecule has 110 valence electrons. The lowest BCUT2D eigenvalue weighted by Crippen LogP contribution is -2.15. The molecule has 0 saturated carbocycles. The molecule has 0 aliphatic carbocycles. The average Bonchev–Trinajstić information content (AvgIpc) is 2.38. The maximum absolute atomic E-state index is 13.6. The zero-order valence-corrected chi connectivity index (χ0v) is 12.6. The van der Waals surface area contributed by atoms with Gasteiger partial charge in [-0.25, -0.2) is 17.8 Å². The summed E-state index contributed by atoms with van der Waals surface area (Å²) in [5.41, 5.74) is -0.529. The molecule has 21 heavy (non-hydrogen) atoms. The van der Waals surface area contributed by atoms with Crippen LogP contribution in [0, 0.1) is 15.9 Å². The molecule has 2 aromatic rings. The lowest BCUT2D eigenvalue weighted by Gasteiger charge is -2.08. The van der Waals surface area contributed by atoms with Gasteiger partial charge >= 0.3 is 0 Å². The summed E-state index contributed by atoms with van der Waals surface area (Å²) in [5, 5.41) is 10.6. The summed E-state index contributed by atoms with van der Waals surface area (Å²) in [4.78, 5) is 12.9. The SMILES string of the molecule is O=[N+]([O-])c1ccc(F)c(S(=O)(=O)Nc2cccc(Br)n2)c1. The number of nitrogens with one attached hydrogen (secondary N) is 1. The molecule has 0 bridgehead atoms. The second-order valence-corrected chi connectivity index (χ2v) is 6.29. The van der Waals surface area contributed by atoms with E-state index < -0.39 is 31.3 Å². The fourth-order valence-electron chi connectivity index (χ4n) is 1.47. The van der Waals surface area contributed by atoms with Crippen LogP contribution in [0.4, 0.5) is 15.9 Å². The summed E-state index contributed by atoms with van der Waals surface area (Å²) < 4.78 is 40.2. The molecule has 1 N–H and O–H groups in total. The Bertz CT molecular complexity index is 813. The normalized spacial score (nSPS) is 11.1. The number of benzene rings is 1. The highest BCUT2D eigenvalue weighted by molar-refractivity contribution is 9.10. The van der Waals surface area contributed by atoms with Crippen molar-refractivity contribution in [2.45, 2.75) is 4.90 Å². The molecule has 10 heteroatoms. The largest absolute Gasteiger partial charge is 0.271 e. The summed E-state index contributed by atoms with van der Waals surface area (Å²) >= 11 is 3.06. The smallest absolute Gasteiger partial charge is 0.263 e. The number of aromatic nitrogens is 1. The number of hydrogen-bond acceptors (Lipinski definition) is 5. The third-order valence-corrected chi connectivity index (χ3v) is 4.18. The van der Waals surface area contributed by atoms with Crippen molar-refractivity contribution in [3.8, 4) is 0 Å². The number of hydrogen-bond donors (Lipinski definition) is 1. The molecule has 1 aromatic heterocycles. The van der Waals surface area contributed by atoms with Crippen molar-refractivity contribution in [2.75, 3.05) is 4.72 Å². The lowest BCUT2D eigenvalue weighted by molar-refractivity contribution is -0.385. The van der Waals surface area contributed by atoms with E-state index >= 15 is 0 Å². The van der Waals surface area contributed by atoms with E-state index in [0.717, 1.165) is 12.1 Å². The molecule has 0 atom stereocenters. The zero-order chi connectivity index (χ0) is 15.6. The highest BCUT2D eigenvalue weighted by Gasteiger charge is 2.23. The molecule has 7 nitrogen and oxygen atoms in total. The molecule has 2 rings (SSSR count). The van der Waals surface area contributed by atoms with Crippen molar-refractivity contribution >= 4 is 37.5 Å². The van der Waals surface area contributed by atoms with E-state index in [1.54, 1.807) is 6.07 Å². The number of sulfonamides is 1. The van der Waals surface area contributed by atoms with Gasteiger partial charge in [-0.2, -0.15) is 0 Å². The van der Waals surface area contributed by atoms with Crippen molar-refractivity contribution in [3.63, 3.8) is 0 Å². The van der Waals surface area contributed by atoms with Crippen LogP contribution in [0.3, 0.4) is 0 Å². The fraction of sp³-hybridized carbons (Fsp3) is 0. The van der Waals surface area contributed by atoms with Gasteiger partial charge in [0.15, 0.2) is 0 Å². The van der Waals surface area contributed by atoms with E-state index in [1.165, 1.54) is 12.1 Å². The fourth-order valence-corrected chi connectivity index (χ4v) is 2.91. The van der Waals surface area contributed by atoms with E-state index in [1.807, 2.05) is 0 Å². The van der Waals surface area contributed by atoms with E-state index in [-0.39, 0.29) is 5.82 Å². The number of non-ortho nitro benzene ring substituents is 1. The monoisotopic (exact) mass is 375 g/mol. The van der Waals surface area contributed by atoms with Crippen LogP contribution in [0.2, 0.25) is 0 Å². The van der Waals surface area contributed by atoms with Gasteiger partial charge in [0.2, 0.25) is 0 Å². The van der Waals surface area contributed by atoms with Crippen LogP contribution in [0.15, 0.2) is 45.9 Å². The van der Waals surface area contributed by atoms with Gasteiger partial charge in [-0.1, -0.05) is 6.07 Å². The first-order chi connectivity index (χ1) is 9.79. The Kier molecular flexibility index (Phi) is 4.19. The van der Waals surface area contributed by atoms with Gasteiger partial charge in [-0.3, -0.25) is 14.8 Å². The van der Waals surface area contributed by atoms with Gasteiger partial charge < -0.3 is 0 Å². The molecule has 1 aromatic carbocycles. The van der Waals surface area contributed by atoms with Gasteiger partial charge in [-0.05, 0) is 34.1 Å². The second-order valence-electron chi connectivity index (χ2n) is 3.82. The summed E-state index contributed by atoms with van der Waals surface area (Å²) in [6, 6.07) is 6.71. The molecule has 0 radical (unpaired) electrons. The van der Waals surface area contributed by atoms with Crippen molar-refractivity contribution in [1.82, 2.24) is 4.98 Å². The van der Waals surface area contributed by atoms with Gasteiger partial charge in [-0.15, -0.1) is 0 Å². The molecular formula is C11H7BrFN3O4S. The van der Waals surface area contributed by atoms with E-state index in [4.69, 9.17) is 0 Å². The molecule has 1 heterocycles. The number of halogens is 2. The lowest BCUT2D eigenvalue weighted by atomic mass is 10.3. The predicted molar refractivity (Wildman–Crippen MR) is 75.8 cm³/mol. The maximum atomic E-state index is 13.6. The van der Waals surface area contributed by atoms with Gasteiger partial charge in [0, 0.05) is 12.1 Å². The highest BCUT2D eigenvalue weighted by atomic mass is 79.9. The molecular weight excluding hydrogens is 369 g/mol. The first kappa shape index (κ1) is 15.3. The summed E-state index contributed by atoms with van der Waals surface area (Å²) in [7, 11) is -4.33. The van der Waals surface area contributed by atoms with Crippen LogP contribution in [0.1, 0.15) is 0 Å². The van der Waals surface area contributed by atoms with Crippen molar-refractivity contribution in [3.05, 3.63) is 56.9 Å². The van der Waals surface area contributed by atoms with Crippen LogP contribution >= 0.6 is 15.9 Å². The Hall–Kier alpha value is -2.07. The van der Waals surface area contributed by atoms with Crippen LogP contribution in [0.25, 0.3) is 0 Å². The van der Waals surface area contributed by atoms with Crippen LogP contribution in [-0.2, 0) is 10.0 Å². The van der Waals surface area contributed by atoms with E-state index in [0.29, 0.717) is 10.7 Å². The Balaban J connectivity index is 2.44. The summed E-state index contributed by atoms with van der Waals surface area (Å²) in [6.45, 7) is 0. The first-order valence-corrected chi connectivity index (χ1v) is 7.66. The minimum absolute atomic E-state index is 0.0460. The Morgan fingerprint density at radius 2 is 2.00 bits per heavy atom. The third kappa shape index (κ3) is 3.52. The van der Waals surface area contributed by atoms with Crippen LogP contribution in [-0.4, -0.2) is 18.3 Å². The van der Waals surface area contributed by atoms with E-state index in [9.17, 15) is 22.9 Å². The number of rotatable bonds is 4. The third-order valence-electron chi connectivity index (χ3n) is 2.37.